The van der Waals surface area contributed by atoms with Crippen LogP contribution in [-0.4, -0.2) is 35.3 Å². The summed E-state index contributed by atoms with van der Waals surface area (Å²) >= 11 is 6.14. The molecule has 2 atom stereocenters. The van der Waals surface area contributed by atoms with E-state index in [0.29, 0.717) is 17.3 Å². The summed E-state index contributed by atoms with van der Waals surface area (Å²) < 4.78 is 0. The van der Waals surface area contributed by atoms with Crippen LogP contribution in [-0.2, 0) is 9.59 Å². The van der Waals surface area contributed by atoms with Crippen molar-refractivity contribution in [2.75, 3.05) is 11.4 Å². The third-order valence-electron chi connectivity index (χ3n) is 4.24. The van der Waals surface area contributed by atoms with Crippen molar-refractivity contribution in [2.24, 2.45) is 0 Å². The summed E-state index contributed by atoms with van der Waals surface area (Å²) in [6, 6.07) is 4.74. The first-order valence-corrected chi connectivity index (χ1v) is 7.28. The Bertz CT molecular complexity index is 587. The summed E-state index contributed by atoms with van der Waals surface area (Å²) in [5, 5.41) is 0.615. The van der Waals surface area contributed by atoms with Crippen LogP contribution in [0.25, 0.3) is 0 Å². The minimum atomic E-state index is -0.462. The number of carbonyl (C=O) groups excluding carboxylic acids is 2. The lowest BCUT2D eigenvalue weighted by Crippen LogP contribution is -2.62. The number of hydrogen-bond donors (Lipinski definition) is 0. The maximum Gasteiger partial charge on any atom is 0.250 e. The SMILES string of the molecule is Cc1ccc(N2C(=O)C3CCCN3C(=O)C2C)cc1Cl. The second-order valence-electron chi connectivity index (χ2n) is 5.51. The summed E-state index contributed by atoms with van der Waals surface area (Å²) in [6.07, 6.45) is 1.66. The Labute approximate surface area is 123 Å². The maximum atomic E-state index is 12.6. The molecule has 0 aromatic heterocycles. The molecule has 3 rings (SSSR count). The number of carbonyl (C=O) groups is 2. The molecule has 2 amide bonds. The summed E-state index contributed by atoms with van der Waals surface area (Å²) in [5.41, 5.74) is 1.67. The van der Waals surface area contributed by atoms with Gasteiger partial charge in [-0.1, -0.05) is 17.7 Å². The molecule has 0 aliphatic carbocycles. The number of rotatable bonds is 1. The maximum absolute atomic E-state index is 12.6. The van der Waals surface area contributed by atoms with Gasteiger partial charge in [0, 0.05) is 17.3 Å². The fourth-order valence-corrected chi connectivity index (χ4v) is 3.25. The second-order valence-corrected chi connectivity index (χ2v) is 5.91. The average Bonchev–Trinajstić information content (AvgIpc) is 2.90. The topological polar surface area (TPSA) is 40.6 Å². The summed E-state index contributed by atoms with van der Waals surface area (Å²) in [4.78, 5) is 28.4. The minimum absolute atomic E-state index is 0.00881. The summed E-state index contributed by atoms with van der Waals surface area (Å²) in [6.45, 7) is 4.39. The molecule has 2 unspecified atom stereocenters. The van der Waals surface area contributed by atoms with Crippen LogP contribution in [0.2, 0.25) is 5.02 Å². The van der Waals surface area contributed by atoms with E-state index in [1.54, 1.807) is 22.8 Å². The van der Waals surface area contributed by atoms with Crippen LogP contribution in [0.1, 0.15) is 25.3 Å². The van der Waals surface area contributed by atoms with Crippen LogP contribution in [0.4, 0.5) is 5.69 Å². The molecule has 106 valence electrons. The number of hydrogen-bond acceptors (Lipinski definition) is 2. The zero-order valence-corrected chi connectivity index (χ0v) is 12.4. The van der Waals surface area contributed by atoms with Gasteiger partial charge in [-0.05, 0) is 44.4 Å². The highest BCUT2D eigenvalue weighted by molar-refractivity contribution is 6.31. The lowest BCUT2D eigenvalue weighted by molar-refractivity contribution is -0.143. The summed E-state index contributed by atoms with van der Waals surface area (Å²) in [5.74, 6) is 0.0401. The molecule has 0 N–H and O–H groups in total. The fraction of sp³-hybridized carbons (Fsp3) is 0.467. The van der Waals surface area contributed by atoms with Gasteiger partial charge in [0.15, 0.2) is 0 Å². The second kappa shape index (κ2) is 4.77. The Kier molecular flexibility index (Phi) is 3.21. The molecule has 2 fully saturated rings. The molecule has 4 nitrogen and oxygen atoms in total. The molecule has 0 bridgehead atoms. The predicted molar refractivity (Wildman–Crippen MR) is 77.9 cm³/mol. The monoisotopic (exact) mass is 292 g/mol. The van der Waals surface area contributed by atoms with Gasteiger partial charge in [-0.2, -0.15) is 0 Å². The first-order chi connectivity index (χ1) is 9.50. The molecule has 0 saturated carbocycles. The average molecular weight is 293 g/mol. The molecule has 0 spiro atoms. The van der Waals surface area contributed by atoms with Gasteiger partial charge in [0.1, 0.15) is 12.1 Å². The molecule has 2 aliphatic rings. The largest absolute Gasteiger partial charge is 0.329 e. The van der Waals surface area contributed by atoms with E-state index in [2.05, 4.69) is 0 Å². The van der Waals surface area contributed by atoms with Crippen molar-refractivity contribution in [2.45, 2.75) is 38.8 Å². The van der Waals surface area contributed by atoms with Crippen molar-refractivity contribution in [3.8, 4) is 0 Å². The van der Waals surface area contributed by atoms with Crippen LogP contribution in [0.5, 0.6) is 0 Å². The van der Waals surface area contributed by atoms with Crippen LogP contribution < -0.4 is 4.90 Å². The molecule has 2 aliphatic heterocycles. The zero-order chi connectivity index (χ0) is 14.4. The van der Waals surface area contributed by atoms with Gasteiger partial charge < -0.3 is 4.90 Å². The fourth-order valence-electron chi connectivity index (χ4n) is 3.07. The molecular formula is C15H17ClN2O2. The van der Waals surface area contributed by atoms with Gasteiger partial charge in [-0.15, -0.1) is 0 Å². The van der Waals surface area contributed by atoms with Gasteiger partial charge in [0.25, 0.3) is 5.91 Å². The van der Waals surface area contributed by atoms with Crippen molar-refractivity contribution in [3.63, 3.8) is 0 Å². The molecule has 1 aromatic rings. The Morgan fingerprint density at radius 1 is 1.25 bits per heavy atom. The van der Waals surface area contributed by atoms with Crippen LogP contribution in [0.15, 0.2) is 18.2 Å². The van der Waals surface area contributed by atoms with Crippen LogP contribution >= 0.6 is 11.6 Å². The minimum Gasteiger partial charge on any atom is -0.329 e. The Morgan fingerprint density at radius 2 is 2.00 bits per heavy atom. The number of benzene rings is 1. The number of anilines is 1. The predicted octanol–water partition coefficient (Wildman–Crippen LogP) is 2.37. The highest BCUT2D eigenvalue weighted by Gasteiger charge is 2.46. The van der Waals surface area contributed by atoms with Gasteiger partial charge in [0.2, 0.25) is 5.91 Å². The third kappa shape index (κ3) is 1.90. The number of piperazine rings is 1. The molecule has 0 radical (unpaired) electrons. The van der Waals surface area contributed by atoms with Crippen LogP contribution in [0, 0.1) is 6.92 Å². The Hall–Kier alpha value is -1.55. The quantitative estimate of drug-likeness (QED) is 0.797. The van der Waals surface area contributed by atoms with Gasteiger partial charge in [-0.25, -0.2) is 0 Å². The smallest absolute Gasteiger partial charge is 0.250 e. The van der Waals surface area contributed by atoms with Crippen molar-refractivity contribution in [3.05, 3.63) is 28.8 Å². The van der Waals surface area contributed by atoms with E-state index in [-0.39, 0.29) is 17.9 Å². The molecular weight excluding hydrogens is 276 g/mol. The Morgan fingerprint density at radius 3 is 2.70 bits per heavy atom. The molecule has 20 heavy (non-hydrogen) atoms. The zero-order valence-electron chi connectivity index (χ0n) is 11.6. The molecule has 1 aromatic carbocycles. The van der Waals surface area contributed by atoms with Crippen LogP contribution in [0.3, 0.4) is 0 Å². The lowest BCUT2D eigenvalue weighted by atomic mass is 10.0. The number of amides is 2. The van der Waals surface area contributed by atoms with E-state index in [1.807, 2.05) is 19.1 Å². The normalized spacial score (nSPS) is 26.1. The lowest BCUT2D eigenvalue weighted by Gasteiger charge is -2.41. The van der Waals surface area contributed by atoms with E-state index >= 15 is 0 Å². The molecule has 2 saturated heterocycles. The first-order valence-electron chi connectivity index (χ1n) is 6.90. The Balaban J connectivity index is 2.01. The van der Waals surface area contributed by atoms with Crippen molar-refractivity contribution < 1.29 is 9.59 Å². The van der Waals surface area contributed by atoms with E-state index in [0.717, 1.165) is 18.4 Å². The molecule has 5 heteroatoms. The third-order valence-corrected chi connectivity index (χ3v) is 4.64. The van der Waals surface area contributed by atoms with Crippen molar-refractivity contribution in [1.29, 1.82) is 0 Å². The van der Waals surface area contributed by atoms with Gasteiger partial charge >= 0.3 is 0 Å². The van der Waals surface area contributed by atoms with Gasteiger partial charge in [-0.3, -0.25) is 14.5 Å². The number of aryl methyl sites for hydroxylation is 1. The van der Waals surface area contributed by atoms with E-state index in [1.165, 1.54) is 0 Å². The summed E-state index contributed by atoms with van der Waals surface area (Å²) in [7, 11) is 0. The van der Waals surface area contributed by atoms with E-state index < -0.39 is 6.04 Å². The van der Waals surface area contributed by atoms with E-state index in [4.69, 9.17) is 11.6 Å². The van der Waals surface area contributed by atoms with Crippen molar-refractivity contribution >= 4 is 29.1 Å². The number of nitrogens with zero attached hydrogens (tertiary/aromatic N) is 2. The number of fused-ring (bicyclic) bond motifs is 1. The van der Waals surface area contributed by atoms with Gasteiger partial charge in [0.05, 0.1) is 0 Å². The first kappa shape index (κ1) is 13.4. The number of halogens is 1. The standard InChI is InChI=1S/C15H17ClN2O2/c1-9-5-6-11(8-12(9)16)18-10(2)14(19)17-7-3-4-13(17)15(18)20/h5-6,8,10,13H,3-4,7H2,1-2H3. The highest BCUT2D eigenvalue weighted by atomic mass is 35.5. The highest BCUT2D eigenvalue weighted by Crippen LogP contribution is 2.32. The van der Waals surface area contributed by atoms with Crippen molar-refractivity contribution in [1.82, 2.24) is 4.90 Å². The molecule has 2 heterocycles. The van der Waals surface area contributed by atoms with E-state index in [9.17, 15) is 9.59 Å².